The van der Waals surface area contributed by atoms with Crippen LogP contribution < -0.4 is 20.9 Å². The molecule has 1 saturated carbocycles. The quantitative estimate of drug-likeness (QED) is 0.528. The lowest BCUT2D eigenvalue weighted by Gasteiger charge is -2.28. The molecular weight excluding hydrogens is 444 g/mol. The number of aromatic nitrogens is 2. The molecule has 1 aliphatic carbocycles. The fourth-order valence-electron chi connectivity index (χ4n) is 3.36. The van der Waals surface area contributed by atoms with Crippen LogP contribution in [0.1, 0.15) is 18.5 Å². The van der Waals surface area contributed by atoms with Crippen LogP contribution in [0.4, 0.5) is 16.3 Å². The van der Waals surface area contributed by atoms with Gasteiger partial charge in [-0.2, -0.15) is 0 Å². The van der Waals surface area contributed by atoms with Crippen molar-refractivity contribution in [3.05, 3.63) is 36.0 Å². The number of benzene rings is 1. The van der Waals surface area contributed by atoms with Crippen molar-refractivity contribution in [3.8, 4) is 11.4 Å². The van der Waals surface area contributed by atoms with Crippen LogP contribution in [0.25, 0.3) is 11.4 Å². The molecule has 176 valence electrons. The number of carbonyl (C=O) groups is 2. The van der Waals surface area contributed by atoms with E-state index >= 15 is 0 Å². The molecule has 0 spiro atoms. The Morgan fingerprint density at radius 1 is 1.15 bits per heavy atom. The number of urea groups is 1. The molecule has 10 nitrogen and oxygen atoms in total. The van der Waals surface area contributed by atoms with E-state index in [2.05, 4.69) is 25.8 Å². The van der Waals surface area contributed by atoms with E-state index in [0.717, 1.165) is 24.2 Å². The zero-order valence-corrected chi connectivity index (χ0v) is 19.3. The Morgan fingerprint density at radius 3 is 2.55 bits per heavy atom. The number of nitrogens with zero attached hydrogens (tertiary/aromatic N) is 3. The van der Waals surface area contributed by atoms with Crippen LogP contribution in [0.5, 0.6) is 0 Å². The third-order valence-electron chi connectivity index (χ3n) is 5.29. The number of morpholine rings is 1. The van der Waals surface area contributed by atoms with Gasteiger partial charge in [-0.05, 0) is 37.1 Å². The van der Waals surface area contributed by atoms with E-state index in [1.807, 2.05) is 18.2 Å². The number of hydrogen-bond donors (Lipinski definition) is 3. The zero-order chi connectivity index (χ0) is 23.2. The van der Waals surface area contributed by atoms with E-state index in [1.165, 1.54) is 7.05 Å². The SMILES string of the molecule is CNC(=O)CS(=O)Cc1cc(N2CCOCC2)nc(-c2ccc(NC(=O)NC3CC3)cc2)n1. The highest BCUT2D eigenvalue weighted by Crippen LogP contribution is 2.24. The van der Waals surface area contributed by atoms with Gasteiger partial charge in [0, 0.05) is 54.3 Å². The highest BCUT2D eigenvalue weighted by Gasteiger charge is 2.23. The fraction of sp³-hybridized carbons (Fsp3) is 0.455. The molecule has 1 aromatic carbocycles. The Bertz CT molecular complexity index is 1020. The van der Waals surface area contributed by atoms with Crippen LogP contribution in [0.2, 0.25) is 0 Å². The van der Waals surface area contributed by atoms with Gasteiger partial charge in [0.1, 0.15) is 11.6 Å². The lowest BCUT2D eigenvalue weighted by molar-refractivity contribution is -0.118. The maximum Gasteiger partial charge on any atom is 0.319 e. The molecule has 1 saturated heterocycles. The monoisotopic (exact) mass is 472 g/mol. The molecule has 2 aliphatic rings. The van der Waals surface area contributed by atoms with Crippen molar-refractivity contribution < 1.29 is 18.5 Å². The number of ether oxygens (including phenoxy) is 1. The minimum Gasteiger partial charge on any atom is -0.378 e. The molecule has 2 aromatic rings. The van der Waals surface area contributed by atoms with E-state index < -0.39 is 10.8 Å². The summed E-state index contributed by atoms with van der Waals surface area (Å²) in [6.07, 6.45) is 2.05. The van der Waals surface area contributed by atoms with Gasteiger partial charge in [-0.3, -0.25) is 9.00 Å². The van der Waals surface area contributed by atoms with Gasteiger partial charge in [-0.15, -0.1) is 0 Å². The summed E-state index contributed by atoms with van der Waals surface area (Å²) in [4.78, 5) is 35.0. The first kappa shape index (κ1) is 23.1. The molecular formula is C22H28N6O4S. The fourth-order valence-corrected chi connectivity index (χ4v) is 4.37. The topological polar surface area (TPSA) is 126 Å². The molecule has 2 fully saturated rings. The van der Waals surface area contributed by atoms with Gasteiger partial charge in [-0.1, -0.05) is 0 Å². The van der Waals surface area contributed by atoms with E-state index in [0.29, 0.717) is 43.5 Å². The normalized spacial score (nSPS) is 16.7. The van der Waals surface area contributed by atoms with Crippen LogP contribution in [0.3, 0.4) is 0 Å². The molecule has 0 bridgehead atoms. The zero-order valence-electron chi connectivity index (χ0n) is 18.5. The van der Waals surface area contributed by atoms with Gasteiger partial charge in [0.25, 0.3) is 0 Å². The molecule has 33 heavy (non-hydrogen) atoms. The number of carbonyl (C=O) groups excluding carboxylic acids is 2. The number of hydrogen-bond acceptors (Lipinski definition) is 7. The standard InChI is InChI=1S/C22H28N6O4S/c1-23-20(29)14-33(31)13-18-12-19(28-8-10-32-11-9-28)27-21(24-18)15-2-4-16(5-3-15)25-22(30)26-17-6-7-17/h2-5,12,17H,6-11,13-14H2,1H3,(H,23,29)(H2,25,26,30). The number of nitrogens with one attached hydrogen (secondary N) is 3. The Morgan fingerprint density at radius 2 is 1.88 bits per heavy atom. The second-order valence-electron chi connectivity index (χ2n) is 7.99. The van der Waals surface area contributed by atoms with Crippen molar-refractivity contribution in [2.45, 2.75) is 24.6 Å². The maximum atomic E-state index is 12.5. The summed E-state index contributed by atoms with van der Waals surface area (Å²) in [5, 5.41) is 8.21. The van der Waals surface area contributed by atoms with E-state index in [-0.39, 0.29) is 29.5 Å². The Labute approximate surface area is 195 Å². The third-order valence-corrected chi connectivity index (χ3v) is 6.50. The number of anilines is 2. The van der Waals surface area contributed by atoms with Gasteiger partial charge in [0.05, 0.1) is 24.7 Å². The molecule has 1 atom stereocenters. The maximum absolute atomic E-state index is 12.5. The van der Waals surface area contributed by atoms with Crippen LogP contribution >= 0.6 is 0 Å². The average Bonchev–Trinajstić information content (AvgIpc) is 3.63. The minimum absolute atomic E-state index is 0.0774. The Hall–Kier alpha value is -3.05. The van der Waals surface area contributed by atoms with Gasteiger partial charge in [0.15, 0.2) is 5.82 Å². The smallest absolute Gasteiger partial charge is 0.319 e. The number of rotatable bonds is 8. The average molecular weight is 473 g/mol. The van der Waals surface area contributed by atoms with Crippen molar-refractivity contribution in [3.63, 3.8) is 0 Å². The molecule has 3 amide bonds. The predicted molar refractivity (Wildman–Crippen MR) is 126 cm³/mol. The first-order valence-electron chi connectivity index (χ1n) is 10.9. The minimum atomic E-state index is -1.39. The summed E-state index contributed by atoms with van der Waals surface area (Å²) < 4.78 is 17.9. The Balaban J connectivity index is 1.54. The van der Waals surface area contributed by atoms with Crippen molar-refractivity contribution in [2.75, 3.05) is 49.3 Å². The highest BCUT2D eigenvalue weighted by molar-refractivity contribution is 7.84. The first-order valence-corrected chi connectivity index (χ1v) is 12.4. The molecule has 1 unspecified atom stereocenters. The third kappa shape index (κ3) is 6.72. The second-order valence-corrected chi connectivity index (χ2v) is 9.45. The van der Waals surface area contributed by atoms with Crippen LogP contribution in [0.15, 0.2) is 30.3 Å². The largest absolute Gasteiger partial charge is 0.378 e. The molecule has 2 heterocycles. The summed E-state index contributed by atoms with van der Waals surface area (Å²) in [7, 11) is 0.132. The molecule has 1 aromatic heterocycles. The van der Waals surface area contributed by atoms with Gasteiger partial charge < -0.3 is 25.6 Å². The molecule has 4 rings (SSSR count). The molecule has 3 N–H and O–H groups in total. The van der Waals surface area contributed by atoms with Crippen LogP contribution in [0, 0.1) is 0 Å². The molecule has 11 heteroatoms. The van der Waals surface area contributed by atoms with Crippen molar-refractivity contribution in [2.24, 2.45) is 0 Å². The lowest BCUT2D eigenvalue weighted by Crippen LogP contribution is -2.37. The summed E-state index contributed by atoms with van der Waals surface area (Å²) in [5.41, 5.74) is 2.06. The van der Waals surface area contributed by atoms with Crippen molar-refractivity contribution in [1.82, 2.24) is 20.6 Å². The van der Waals surface area contributed by atoms with E-state index in [9.17, 15) is 13.8 Å². The Kier molecular flexibility index (Phi) is 7.50. The van der Waals surface area contributed by atoms with E-state index in [1.54, 1.807) is 12.1 Å². The van der Waals surface area contributed by atoms with Crippen molar-refractivity contribution >= 4 is 34.2 Å². The first-order chi connectivity index (χ1) is 16.0. The predicted octanol–water partition coefficient (Wildman–Crippen LogP) is 1.26. The lowest BCUT2D eigenvalue weighted by atomic mass is 10.2. The van der Waals surface area contributed by atoms with Crippen LogP contribution in [-0.2, 0) is 26.1 Å². The van der Waals surface area contributed by atoms with Gasteiger partial charge >= 0.3 is 6.03 Å². The van der Waals surface area contributed by atoms with Crippen LogP contribution in [-0.4, -0.2) is 71.3 Å². The molecule has 0 radical (unpaired) electrons. The molecule has 1 aliphatic heterocycles. The summed E-state index contributed by atoms with van der Waals surface area (Å²) in [6.45, 7) is 2.63. The second kappa shape index (κ2) is 10.7. The summed E-state index contributed by atoms with van der Waals surface area (Å²) >= 11 is 0. The highest BCUT2D eigenvalue weighted by atomic mass is 32.2. The van der Waals surface area contributed by atoms with Gasteiger partial charge in [-0.25, -0.2) is 14.8 Å². The van der Waals surface area contributed by atoms with Crippen molar-refractivity contribution in [1.29, 1.82) is 0 Å². The summed E-state index contributed by atoms with van der Waals surface area (Å²) in [5.74, 6) is 1.04. The summed E-state index contributed by atoms with van der Waals surface area (Å²) in [6, 6.07) is 9.19. The number of amides is 3. The van der Waals surface area contributed by atoms with E-state index in [4.69, 9.17) is 9.72 Å². The van der Waals surface area contributed by atoms with Gasteiger partial charge in [0.2, 0.25) is 5.91 Å².